The number of aromatic nitrogens is 1. The Morgan fingerprint density at radius 1 is 0.935 bits per heavy atom. The second-order valence-electron chi connectivity index (χ2n) is 6.96. The van der Waals surface area contributed by atoms with Crippen LogP contribution in [-0.2, 0) is 16.6 Å². The standard InChI is InChI=1S/C23H26N4O3S/c1-3-27(4-2)17-18-8-10-19(11-9-18)23(28)25-20-12-14-21(15-13-20)31(29,30)26-22-7-5-6-16-24-22/h5-16H,3-4,17H2,1-2H3,(H,24,26)(H,25,28). The molecule has 8 heteroatoms. The number of nitrogens with zero attached hydrogens (tertiary/aromatic N) is 2. The molecule has 0 saturated carbocycles. The van der Waals surface area contributed by atoms with Crippen LogP contribution in [0.25, 0.3) is 0 Å². The summed E-state index contributed by atoms with van der Waals surface area (Å²) in [4.78, 5) is 18.9. The van der Waals surface area contributed by atoms with Crippen LogP contribution in [0.3, 0.4) is 0 Å². The number of sulfonamides is 1. The van der Waals surface area contributed by atoms with Crippen LogP contribution in [-0.4, -0.2) is 37.3 Å². The van der Waals surface area contributed by atoms with E-state index in [0.29, 0.717) is 11.3 Å². The average Bonchev–Trinajstić information content (AvgIpc) is 2.78. The van der Waals surface area contributed by atoms with Crippen molar-refractivity contribution in [2.24, 2.45) is 0 Å². The van der Waals surface area contributed by atoms with Crippen molar-refractivity contribution in [1.82, 2.24) is 9.88 Å². The van der Waals surface area contributed by atoms with Crippen LogP contribution >= 0.6 is 0 Å². The van der Waals surface area contributed by atoms with Crippen LogP contribution in [0.1, 0.15) is 29.8 Å². The number of carbonyl (C=O) groups excluding carboxylic acids is 1. The Labute approximate surface area is 183 Å². The number of anilines is 2. The quantitative estimate of drug-likeness (QED) is 0.527. The largest absolute Gasteiger partial charge is 0.322 e. The molecule has 0 atom stereocenters. The summed E-state index contributed by atoms with van der Waals surface area (Å²) in [6.45, 7) is 7.04. The van der Waals surface area contributed by atoms with Gasteiger partial charge in [0.15, 0.2) is 0 Å². The number of benzene rings is 2. The van der Waals surface area contributed by atoms with Gasteiger partial charge in [0.05, 0.1) is 4.90 Å². The van der Waals surface area contributed by atoms with Gasteiger partial charge in [-0.3, -0.25) is 14.4 Å². The first kappa shape index (κ1) is 22.5. The van der Waals surface area contributed by atoms with Crippen LogP contribution in [0, 0.1) is 0 Å². The molecule has 0 aliphatic carbocycles. The maximum atomic E-state index is 12.5. The minimum atomic E-state index is -3.76. The van der Waals surface area contributed by atoms with Gasteiger partial charge >= 0.3 is 0 Å². The average molecular weight is 439 g/mol. The molecular weight excluding hydrogens is 412 g/mol. The molecule has 7 nitrogen and oxygen atoms in total. The fourth-order valence-corrected chi connectivity index (χ4v) is 4.02. The Balaban J connectivity index is 1.63. The molecule has 1 heterocycles. The molecule has 0 aliphatic heterocycles. The molecule has 3 rings (SSSR count). The Morgan fingerprint density at radius 3 is 2.19 bits per heavy atom. The van der Waals surface area contributed by atoms with Gasteiger partial charge in [-0.25, -0.2) is 13.4 Å². The molecule has 1 amide bonds. The normalized spacial score (nSPS) is 11.3. The van der Waals surface area contributed by atoms with Crippen LogP contribution in [0.5, 0.6) is 0 Å². The Morgan fingerprint density at radius 2 is 1.61 bits per heavy atom. The summed E-state index contributed by atoms with van der Waals surface area (Å²) in [5.41, 5.74) is 2.20. The second kappa shape index (κ2) is 10.2. The number of rotatable bonds is 9. The first-order valence-corrected chi connectivity index (χ1v) is 11.6. The van der Waals surface area contributed by atoms with Crippen molar-refractivity contribution < 1.29 is 13.2 Å². The van der Waals surface area contributed by atoms with Gasteiger partial charge < -0.3 is 5.32 Å². The van der Waals surface area contributed by atoms with E-state index in [2.05, 4.69) is 33.8 Å². The third-order valence-corrected chi connectivity index (χ3v) is 6.21. The lowest BCUT2D eigenvalue weighted by atomic mass is 10.1. The molecule has 0 radical (unpaired) electrons. The third kappa shape index (κ3) is 6.13. The number of nitrogens with one attached hydrogen (secondary N) is 2. The van der Waals surface area contributed by atoms with Crippen molar-refractivity contribution in [2.45, 2.75) is 25.3 Å². The number of amides is 1. The Kier molecular flexibility index (Phi) is 7.38. The molecule has 31 heavy (non-hydrogen) atoms. The van der Waals surface area contributed by atoms with Crippen molar-refractivity contribution in [3.8, 4) is 0 Å². The van der Waals surface area contributed by atoms with E-state index in [0.717, 1.165) is 25.2 Å². The number of pyridine rings is 1. The molecule has 2 aromatic carbocycles. The van der Waals surface area contributed by atoms with E-state index in [1.807, 2.05) is 12.1 Å². The summed E-state index contributed by atoms with van der Waals surface area (Å²) in [6.07, 6.45) is 1.51. The molecule has 3 aromatic rings. The smallest absolute Gasteiger partial charge is 0.263 e. The van der Waals surface area contributed by atoms with Crippen molar-refractivity contribution in [3.05, 3.63) is 84.1 Å². The zero-order valence-corrected chi connectivity index (χ0v) is 18.4. The third-order valence-electron chi connectivity index (χ3n) is 4.84. The summed E-state index contributed by atoms with van der Waals surface area (Å²) in [7, 11) is -3.76. The highest BCUT2D eigenvalue weighted by molar-refractivity contribution is 7.92. The van der Waals surface area contributed by atoms with Crippen LogP contribution in [0.4, 0.5) is 11.5 Å². The first-order valence-electron chi connectivity index (χ1n) is 10.1. The van der Waals surface area contributed by atoms with Crippen molar-refractivity contribution >= 4 is 27.4 Å². The van der Waals surface area contributed by atoms with Gasteiger partial charge in [0.1, 0.15) is 5.82 Å². The van der Waals surface area contributed by atoms with Crippen LogP contribution in [0.15, 0.2) is 77.8 Å². The molecule has 0 fully saturated rings. The zero-order chi connectivity index (χ0) is 22.3. The van der Waals surface area contributed by atoms with E-state index in [1.54, 1.807) is 42.5 Å². The van der Waals surface area contributed by atoms with E-state index in [4.69, 9.17) is 0 Å². The van der Waals surface area contributed by atoms with E-state index < -0.39 is 10.0 Å². The topological polar surface area (TPSA) is 91.4 Å². The van der Waals surface area contributed by atoms with E-state index >= 15 is 0 Å². The van der Waals surface area contributed by atoms with Gasteiger partial charge in [-0.2, -0.15) is 0 Å². The van der Waals surface area contributed by atoms with Gasteiger partial charge in [0, 0.05) is 24.0 Å². The predicted octanol–water partition coefficient (Wildman–Crippen LogP) is 3.98. The number of carbonyl (C=O) groups is 1. The number of hydrogen-bond donors (Lipinski definition) is 2. The predicted molar refractivity (Wildman–Crippen MR) is 123 cm³/mol. The SMILES string of the molecule is CCN(CC)Cc1ccc(C(=O)Nc2ccc(S(=O)(=O)Nc3ccccn3)cc2)cc1. The van der Waals surface area contributed by atoms with Crippen molar-refractivity contribution in [1.29, 1.82) is 0 Å². The fourth-order valence-electron chi connectivity index (χ4n) is 3.01. The lowest BCUT2D eigenvalue weighted by Gasteiger charge is -2.18. The van der Waals surface area contributed by atoms with Gasteiger partial charge in [-0.05, 0) is 67.2 Å². The van der Waals surface area contributed by atoms with E-state index in [1.165, 1.54) is 18.3 Å². The van der Waals surface area contributed by atoms with Crippen molar-refractivity contribution in [3.63, 3.8) is 0 Å². The fraction of sp³-hybridized carbons (Fsp3) is 0.217. The molecule has 1 aromatic heterocycles. The monoisotopic (exact) mass is 438 g/mol. The lowest BCUT2D eigenvalue weighted by Crippen LogP contribution is -2.22. The zero-order valence-electron chi connectivity index (χ0n) is 17.6. The van der Waals surface area contributed by atoms with Crippen LogP contribution < -0.4 is 10.0 Å². The maximum Gasteiger partial charge on any atom is 0.263 e. The molecule has 0 spiro atoms. The summed E-state index contributed by atoms with van der Waals surface area (Å²) >= 11 is 0. The second-order valence-corrected chi connectivity index (χ2v) is 8.64. The number of hydrogen-bond acceptors (Lipinski definition) is 5. The first-order chi connectivity index (χ1) is 14.9. The molecule has 162 valence electrons. The van der Waals surface area contributed by atoms with Gasteiger partial charge in [-0.1, -0.05) is 32.0 Å². The van der Waals surface area contributed by atoms with Gasteiger partial charge in [0.2, 0.25) is 0 Å². The molecule has 0 unspecified atom stereocenters. The highest BCUT2D eigenvalue weighted by Crippen LogP contribution is 2.18. The molecule has 2 N–H and O–H groups in total. The molecule has 0 saturated heterocycles. The summed E-state index contributed by atoms with van der Waals surface area (Å²) in [5, 5.41) is 2.79. The maximum absolute atomic E-state index is 12.5. The Bertz CT molecular complexity index is 1100. The molecule has 0 aliphatic rings. The molecular formula is C23H26N4O3S. The summed E-state index contributed by atoms with van der Waals surface area (Å²) in [5.74, 6) is -0.0130. The lowest BCUT2D eigenvalue weighted by molar-refractivity contribution is 0.102. The minimum Gasteiger partial charge on any atom is -0.322 e. The van der Waals surface area contributed by atoms with Gasteiger partial charge in [0.25, 0.3) is 15.9 Å². The van der Waals surface area contributed by atoms with Crippen molar-refractivity contribution in [2.75, 3.05) is 23.1 Å². The summed E-state index contributed by atoms with van der Waals surface area (Å²) in [6, 6.07) is 18.4. The highest BCUT2D eigenvalue weighted by Gasteiger charge is 2.15. The minimum absolute atomic E-state index is 0.0805. The van der Waals surface area contributed by atoms with Crippen LogP contribution in [0.2, 0.25) is 0 Å². The highest BCUT2D eigenvalue weighted by atomic mass is 32.2. The van der Waals surface area contributed by atoms with E-state index in [-0.39, 0.29) is 16.6 Å². The Hall–Kier alpha value is -3.23. The summed E-state index contributed by atoms with van der Waals surface area (Å²) < 4.78 is 27.4. The molecule has 0 bridgehead atoms. The van der Waals surface area contributed by atoms with Gasteiger partial charge in [-0.15, -0.1) is 0 Å². The van der Waals surface area contributed by atoms with E-state index in [9.17, 15) is 13.2 Å².